The first-order valence-electron chi connectivity index (χ1n) is 6.43. The van der Waals surface area contributed by atoms with Crippen LogP contribution in [-0.4, -0.2) is 25.0 Å². The second-order valence-electron chi connectivity index (χ2n) is 5.72. The monoisotopic (exact) mass is 226 g/mol. The Morgan fingerprint density at radius 3 is 2.62 bits per heavy atom. The van der Waals surface area contributed by atoms with Gasteiger partial charge in [0.05, 0.1) is 5.54 Å². The number of likely N-dealkylation sites (N-methyl/N-ethyl adjacent to an activating group) is 1. The smallest absolute Gasteiger partial charge is 0.239 e. The Kier molecular flexibility index (Phi) is 4.78. The second-order valence-corrected chi connectivity index (χ2v) is 5.72. The van der Waals surface area contributed by atoms with Gasteiger partial charge in [-0.05, 0) is 45.6 Å². The molecule has 16 heavy (non-hydrogen) atoms. The van der Waals surface area contributed by atoms with Crippen LogP contribution in [0, 0.1) is 11.8 Å². The Labute approximate surface area is 99.4 Å². The average Bonchev–Trinajstić information content (AvgIpc) is 2.26. The van der Waals surface area contributed by atoms with Gasteiger partial charge in [0.15, 0.2) is 0 Å². The highest BCUT2D eigenvalue weighted by molar-refractivity contribution is 5.85. The standard InChI is InChI=1S/C13H26N2O/c1-10-6-5-7-11(8-10)9-15-12(16)13(2,3)14-4/h10-11,14H,5-9H2,1-4H3,(H,15,16). The first kappa shape index (κ1) is 13.5. The predicted molar refractivity (Wildman–Crippen MR) is 67.3 cm³/mol. The summed E-state index contributed by atoms with van der Waals surface area (Å²) in [5, 5.41) is 6.09. The van der Waals surface area contributed by atoms with Gasteiger partial charge in [0.25, 0.3) is 0 Å². The normalized spacial score (nSPS) is 26.5. The van der Waals surface area contributed by atoms with Crippen LogP contribution in [0.2, 0.25) is 0 Å². The highest BCUT2D eigenvalue weighted by Gasteiger charge is 2.26. The van der Waals surface area contributed by atoms with E-state index < -0.39 is 5.54 Å². The van der Waals surface area contributed by atoms with E-state index >= 15 is 0 Å². The Morgan fingerprint density at radius 1 is 1.38 bits per heavy atom. The topological polar surface area (TPSA) is 41.1 Å². The third kappa shape index (κ3) is 3.78. The van der Waals surface area contributed by atoms with Crippen molar-refractivity contribution < 1.29 is 4.79 Å². The summed E-state index contributed by atoms with van der Waals surface area (Å²) in [6.07, 6.45) is 5.20. The molecule has 1 aliphatic carbocycles. The fourth-order valence-corrected chi connectivity index (χ4v) is 2.32. The van der Waals surface area contributed by atoms with E-state index in [4.69, 9.17) is 0 Å². The molecule has 2 atom stereocenters. The minimum Gasteiger partial charge on any atom is -0.354 e. The van der Waals surface area contributed by atoms with Crippen LogP contribution in [0.15, 0.2) is 0 Å². The molecule has 0 heterocycles. The molecule has 1 rings (SSSR count). The molecule has 1 fully saturated rings. The van der Waals surface area contributed by atoms with E-state index in [1.165, 1.54) is 25.7 Å². The molecule has 0 bridgehead atoms. The van der Waals surface area contributed by atoms with E-state index in [2.05, 4.69) is 17.6 Å². The van der Waals surface area contributed by atoms with E-state index in [9.17, 15) is 4.79 Å². The van der Waals surface area contributed by atoms with Gasteiger partial charge >= 0.3 is 0 Å². The summed E-state index contributed by atoms with van der Waals surface area (Å²) in [6.45, 7) is 6.97. The summed E-state index contributed by atoms with van der Waals surface area (Å²) in [4.78, 5) is 11.8. The van der Waals surface area contributed by atoms with Gasteiger partial charge in [0.2, 0.25) is 5.91 Å². The van der Waals surface area contributed by atoms with E-state index in [1.54, 1.807) is 0 Å². The van der Waals surface area contributed by atoms with Crippen LogP contribution in [0.4, 0.5) is 0 Å². The third-order valence-corrected chi connectivity index (χ3v) is 3.79. The molecule has 1 aliphatic rings. The van der Waals surface area contributed by atoms with Crippen molar-refractivity contribution in [2.75, 3.05) is 13.6 Å². The molecule has 2 unspecified atom stereocenters. The van der Waals surface area contributed by atoms with E-state index in [0.717, 1.165) is 12.5 Å². The Balaban J connectivity index is 2.31. The van der Waals surface area contributed by atoms with Crippen molar-refractivity contribution >= 4 is 5.91 Å². The van der Waals surface area contributed by atoms with Crippen LogP contribution in [0.25, 0.3) is 0 Å². The largest absolute Gasteiger partial charge is 0.354 e. The molecular formula is C13H26N2O. The Morgan fingerprint density at radius 2 is 2.06 bits per heavy atom. The molecule has 0 aromatic carbocycles. The lowest BCUT2D eigenvalue weighted by molar-refractivity contribution is -0.126. The minimum atomic E-state index is -0.458. The summed E-state index contributed by atoms with van der Waals surface area (Å²) in [6, 6.07) is 0. The predicted octanol–water partition coefficient (Wildman–Crippen LogP) is 1.93. The molecule has 1 saturated carbocycles. The average molecular weight is 226 g/mol. The van der Waals surface area contributed by atoms with Crippen LogP contribution < -0.4 is 10.6 Å². The number of carbonyl (C=O) groups excluding carboxylic acids is 1. The van der Waals surface area contributed by atoms with Gasteiger partial charge in [0.1, 0.15) is 0 Å². The first-order valence-corrected chi connectivity index (χ1v) is 6.43. The molecule has 0 saturated heterocycles. The number of nitrogens with one attached hydrogen (secondary N) is 2. The molecule has 0 spiro atoms. The first-order chi connectivity index (χ1) is 7.45. The van der Waals surface area contributed by atoms with Gasteiger partial charge in [-0.15, -0.1) is 0 Å². The molecule has 1 amide bonds. The number of hydrogen-bond acceptors (Lipinski definition) is 2. The van der Waals surface area contributed by atoms with Gasteiger partial charge in [-0.3, -0.25) is 4.79 Å². The zero-order valence-corrected chi connectivity index (χ0v) is 11.1. The van der Waals surface area contributed by atoms with Crippen LogP contribution in [0.1, 0.15) is 46.5 Å². The Hall–Kier alpha value is -0.570. The van der Waals surface area contributed by atoms with Crippen molar-refractivity contribution in [2.24, 2.45) is 11.8 Å². The Bertz CT molecular complexity index is 238. The summed E-state index contributed by atoms with van der Waals surface area (Å²) in [5.41, 5.74) is -0.458. The van der Waals surface area contributed by atoms with Gasteiger partial charge in [-0.1, -0.05) is 19.8 Å². The van der Waals surface area contributed by atoms with Crippen molar-refractivity contribution in [1.29, 1.82) is 0 Å². The molecule has 3 heteroatoms. The lowest BCUT2D eigenvalue weighted by Gasteiger charge is -2.29. The summed E-state index contributed by atoms with van der Waals surface area (Å²) < 4.78 is 0. The molecule has 0 radical (unpaired) electrons. The highest BCUT2D eigenvalue weighted by atomic mass is 16.2. The maximum absolute atomic E-state index is 11.8. The number of carbonyl (C=O) groups is 1. The molecule has 0 aromatic heterocycles. The van der Waals surface area contributed by atoms with Gasteiger partial charge in [-0.2, -0.15) is 0 Å². The van der Waals surface area contributed by atoms with Crippen LogP contribution in [-0.2, 0) is 4.79 Å². The van der Waals surface area contributed by atoms with E-state index in [-0.39, 0.29) is 5.91 Å². The van der Waals surface area contributed by atoms with Crippen molar-refractivity contribution in [3.05, 3.63) is 0 Å². The SMILES string of the molecule is CNC(C)(C)C(=O)NCC1CCCC(C)C1. The van der Waals surface area contributed by atoms with Crippen molar-refractivity contribution in [2.45, 2.75) is 52.0 Å². The number of amides is 1. The summed E-state index contributed by atoms with van der Waals surface area (Å²) in [5.74, 6) is 1.61. The van der Waals surface area contributed by atoms with Crippen LogP contribution in [0.5, 0.6) is 0 Å². The zero-order chi connectivity index (χ0) is 12.2. The highest BCUT2D eigenvalue weighted by Crippen LogP contribution is 2.27. The molecule has 3 nitrogen and oxygen atoms in total. The third-order valence-electron chi connectivity index (χ3n) is 3.79. The fraction of sp³-hybridized carbons (Fsp3) is 0.923. The van der Waals surface area contributed by atoms with Crippen molar-refractivity contribution in [3.63, 3.8) is 0 Å². The minimum absolute atomic E-state index is 0.105. The molecule has 94 valence electrons. The number of hydrogen-bond donors (Lipinski definition) is 2. The molecule has 0 aliphatic heterocycles. The molecule has 0 aromatic rings. The zero-order valence-electron chi connectivity index (χ0n) is 11.1. The summed E-state index contributed by atoms with van der Waals surface area (Å²) >= 11 is 0. The molecular weight excluding hydrogens is 200 g/mol. The maximum Gasteiger partial charge on any atom is 0.239 e. The van der Waals surface area contributed by atoms with Gasteiger partial charge < -0.3 is 10.6 Å². The van der Waals surface area contributed by atoms with E-state index in [1.807, 2.05) is 20.9 Å². The van der Waals surface area contributed by atoms with Gasteiger partial charge in [0, 0.05) is 6.54 Å². The summed E-state index contributed by atoms with van der Waals surface area (Å²) in [7, 11) is 1.82. The van der Waals surface area contributed by atoms with Crippen LogP contribution >= 0.6 is 0 Å². The molecule has 2 N–H and O–H groups in total. The maximum atomic E-state index is 11.8. The lowest BCUT2D eigenvalue weighted by Crippen LogP contribution is -2.52. The quantitative estimate of drug-likeness (QED) is 0.769. The van der Waals surface area contributed by atoms with E-state index in [0.29, 0.717) is 5.92 Å². The van der Waals surface area contributed by atoms with Crippen molar-refractivity contribution in [1.82, 2.24) is 10.6 Å². The van der Waals surface area contributed by atoms with Crippen molar-refractivity contribution in [3.8, 4) is 0 Å². The number of rotatable bonds is 4. The van der Waals surface area contributed by atoms with Crippen LogP contribution in [0.3, 0.4) is 0 Å². The lowest BCUT2D eigenvalue weighted by atomic mass is 9.82. The van der Waals surface area contributed by atoms with Gasteiger partial charge in [-0.25, -0.2) is 0 Å². The second kappa shape index (κ2) is 5.67. The fourth-order valence-electron chi connectivity index (χ4n) is 2.32.